The van der Waals surface area contributed by atoms with Crippen LogP contribution in [0.25, 0.3) is 11.0 Å². The number of carbonyl (C=O) groups is 1. The van der Waals surface area contributed by atoms with E-state index in [2.05, 4.69) is 34.3 Å². The van der Waals surface area contributed by atoms with Gasteiger partial charge in [-0.15, -0.1) is 0 Å². The Morgan fingerprint density at radius 3 is 2.83 bits per heavy atom. The lowest BCUT2D eigenvalue weighted by Gasteiger charge is -2.06. The quantitative estimate of drug-likeness (QED) is 0.707. The molecule has 0 atom stereocenters. The number of fused-ring (bicyclic) bond motifs is 1. The molecule has 0 radical (unpaired) electrons. The summed E-state index contributed by atoms with van der Waals surface area (Å²) >= 11 is 0. The first-order valence-electron chi connectivity index (χ1n) is 8.48. The van der Waals surface area contributed by atoms with Gasteiger partial charge in [0.1, 0.15) is 5.82 Å². The van der Waals surface area contributed by atoms with Crippen LogP contribution in [0.1, 0.15) is 36.7 Å². The van der Waals surface area contributed by atoms with E-state index in [1.54, 1.807) is 0 Å². The van der Waals surface area contributed by atoms with Gasteiger partial charge in [0.25, 0.3) is 0 Å². The van der Waals surface area contributed by atoms with Gasteiger partial charge in [-0.3, -0.25) is 4.79 Å². The predicted octanol–water partition coefficient (Wildman–Crippen LogP) is 4.40. The van der Waals surface area contributed by atoms with E-state index in [0.717, 1.165) is 52.9 Å². The van der Waals surface area contributed by atoms with Gasteiger partial charge in [0.2, 0.25) is 5.91 Å². The molecule has 0 saturated heterocycles. The monoisotopic (exact) mass is 321 g/mol. The zero-order valence-corrected chi connectivity index (χ0v) is 14.2. The molecule has 124 valence electrons. The molecule has 0 fully saturated rings. The number of benzene rings is 2. The van der Waals surface area contributed by atoms with Crippen molar-refractivity contribution in [3.63, 3.8) is 0 Å². The number of imidazole rings is 1. The van der Waals surface area contributed by atoms with Crippen LogP contribution >= 0.6 is 0 Å². The normalized spacial score (nSPS) is 10.9. The summed E-state index contributed by atoms with van der Waals surface area (Å²) in [6, 6.07) is 14.0. The molecule has 4 heteroatoms. The fraction of sp³-hybridized carbons (Fsp3) is 0.300. The number of nitrogens with zero attached hydrogens (tertiary/aromatic N) is 1. The Balaban J connectivity index is 1.61. The van der Waals surface area contributed by atoms with Crippen molar-refractivity contribution in [2.24, 2.45) is 0 Å². The Kier molecular flexibility index (Phi) is 4.94. The molecule has 3 rings (SSSR count). The maximum atomic E-state index is 12.1. The Labute approximate surface area is 142 Å². The summed E-state index contributed by atoms with van der Waals surface area (Å²) in [5.74, 6) is 1.07. The lowest BCUT2D eigenvalue weighted by Crippen LogP contribution is -2.12. The summed E-state index contributed by atoms with van der Waals surface area (Å²) in [6.45, 7) is 4.16. The average molecular weight is 321 g/mol. The summed E-state index contributed by atoms with van der Waals surface area (Å²) in [6.07, 6.45) is 3.22. The molecule has 0 aliphatic carbocycles. The molecule has 1 amide bonds. The Bertz CT molecular complexity index is 851. The number of anilines is 1. The van der Waals surface area contributed by atoms with Gasteiger partial charge in [0, 0.05) is 18.5 Å². The van der Waals surface area contributed by atoms with E-state index in [4.69, 9.17) is 0 Å². The minimum atomic E-state index is 0.0389. The van der Waals surface area contributed by atoms with Crippen molar-refractivity contribution in [1.29, 1.82) is 0 Å². The largest absolute Gasteiger partial charge is 0.342 e. The van der Waals surface area contributed by atoms with E-state index < -0.39 is 0 Å². The first-order valence-corrected chi connectivity index (χ1v) is 8.48. The highest BCUT2D eigenvalue weighted by Crippen LogP contribution is 2.16. The van der Waals surface area contributed by atoms with Crippen LogP contribution in [-0.4, -0.2) is 15.9 Å². The fourth-order valence-electron chi connectivity index (χ4n) is 2.82. The number of H-pyrrole nitrogens is 1. The van der Waals surface area contributed by atoms with Crippen LogP contribution in [0.5, 0.6) is 0 Å². The van der Waals surface area contributed by atoms with Crippen molar-refractivity contribution in [3.05, 3.63) is 59.4 Å². The third-order valence-electron chi connectivity index (χ3n) is 4.02. The molecule has 0 spiro atoms. The van der Waals surface area contributed by atoms with E-state index in [9.17, 15) is 4.79 Å². The fourth-order valence-corrected chi connectivity index (χ4v) is 2.82. The lowest BCUT2D eigenvalue weighted by atomic mass is 10.1. The van der Waals surface area contributed by atoms with E-state index >= 15 is 0 Å². The molecule has 2 N–H and O–H groups in total. The van der Waals surface area contributed by atoms with Crippen LogP contribution in [0, 0.1) is 6.92 Å². The molecule has 0 bridgehead atoms. The predicted molar refractivity (Wildman–Crippen MR) is 98.2 cm³/mol. The van der Waals surface area contributed by atoms with Crippen LogP contribution in [0.3, 0.4) is 0 Å². The topological polar surface area (TPSA) is 57.8 Å². The second kappa shape index (κ2) is 7.30. The highest BCUT2D eigenvalue weighted by molar-refractivity contribution is 5.91. The van der Waals surface area contributed by atoms with Crippen molar-refractivity contribution in [2.45, 2.75) is 39.5 Å². The van der Waals surface area contributed by atoms with Gasteiger partial charge in [-0.2, -0.15) is 0 Å². The van der Waals surface area contributed by atoms with E-state index in [1.165, 1.54) is 0 Å². The molecule has 0 aliphatic rings. The smallest absolute Gasteiger partial charge is 0.224 e. The third kappa shape index (κ3) is 4.02. The maximum absolute atomic E-state index is 12.1. The van der Waals surface area contributed by atoms with Gasteiger partial charge in [-0.1, -0.05) is 25.1 Å². The molecule has 0 unspecified atom stereocenters. The molecule has 2 aromatic carbocycles. The summed E-state index contributed by atoms with van der Waals surface area (Å²) in [7, 11) is 0. The zero-order chi connectivity index (χ0) is 16.9. The van der Waals surface area contributed by atoms with Crippen molar-refractivity contribution >= 4 is 22.6 Å². The van der Waals surface area contributed by atoms with Crippen LogP contribution in [-0.2, 0) is 17.6 Å². The molecule has 0 saturated carbocycles. The van der Waals surface area contributed by atoms with E-state index in [-0.39, 0.29) is 5.91 Å². The van der Waals surface area contributed by atoms with E-state index in [1.807, 2.05) is 37.3 Å². The molecule has 3 aromatic rings. The number of carbonyl (C=O) groups excluding carboxylic acids is 1. The highest BCUT2D eigenvalue weighted by Gasteiger charge is 2.06. The molecular formula is C20H23N3O. The summed E-state index contributed by atoms with van der Waals surface area (Å²) in [5, 5.41) is 2.95. The summed E-state index contributed by atoms with van der Waals surface area (Å²) in [4.78, 5) is 20.0. The van der Waals surface area contributed by atoms with Gasteiger partial charge in [-0.05, 0) is 55.2 Å². The van der Waals surface area contributed by atoms with E-state index in [0.29, 0.717) is 6.42 Å². The molecule has 1 heterocycles. The number of aromatic nitrogens is 2. The number of amides is 1. The van der Waals surface area contributed by atoms with Gasteiger partial charge >= 0.3 is 0 Å². The number of rotatable bonds is 6. The van der Waals surface area contributed by atoms with Crippen LogP contribution in [0.15, 0.2) is 42.5 Å². The third-order valence-corrected chi connectivity index (χ3v) is 4.02. The number of hydrogen-bond donors (Lipinski definition) is 2. The summed E-state index contributed by atoms with van der Waals surface area (Å²) < 4.78 is 0. The maximum Gasteiger partial charge on any atom is 0.224 e. The first-order chi connectivity index (χ1) is 11.6. The first kappa shape index (κ1) is 16.2. The van der Waals surface area contributed by atoms with Crippen LogP contribution in [0.2, 0.25) is 0 Å². The van der Waals surface area contributed by atoms with Gasteiger partial charge in [0.05, 0.1) is 11.0 Å². The number of aryl methyl sites for hydroxylation is 3. The van der Waals surface area contributed by atoms with Crippen molar-refractivity contribution in [3.8, 4) is 0 Å². The van der Waals surface area contributed by atoms with Crippen LogP contribution in [0.4, 0.5) is 5.69 Å². The van der Waals surface area contributed by atoms with Crippen molar-refractivity contribution in [2.75, 3.05) is 5.32 Å². The molecule has 0 aliphatic heterocycles. The number of aromatic amines is 1. The van der Waals surface area contributed by atoms with Crippen molar-refractivity contribution < 1.29 is 4.79 Å². The van der Waals surface area contributed by atoms with Gasteiger partial charge in [0.15, 0.2) is 0 Å². The Morgan fingerprint density at radius 1 is 1.17 bits per heavy atom. The molecular weight excluding hydrogens is 298 g/mol. The summed E-state index contributed by atoms with van der Waals surface area (Å²) in [5.41, 5.74) is 5.18. The second-order valence-corrected chi connectivity index (χ2v) is 6.20. The minimum absolute atomic E-state index is 0.0389. The standard InChI is InChI=1S/C20H23N3O/c1-3-5-19-22-17-10-8-15(13-18(17)23-19)9-11-20(24)21-16-7-4-6-14(2)12-16/h4,6-8,10,12-13H,3,5,9,11H2,1-2H3,(H,21,24)(H,22,23). The Hall–Kier alpha value is -2.62. The number of nitrogens with one attached hydrogen (secondary N) is 2. The van der Waals surface area contributed by atoms with Crippen LogP contribution < -0.4 is 5.32 Å². The molecule has 4 nitrogen and oxygen atoms in total. The zero-order valence-electron chi connectivity index (χ0n) is 14.2. The average Bonchev–Trinajstić information content (AvgIpc) is 2.95. The second-order valence-electron chi connectivity index (χ2n) is 6.20. The SMILES string of the molecule is CCCc1nc2ccc(CCC(=O)Nc3cccc(C)c3)cc2[nH]1. The molecule has 1 aromatic heterocycles. The highest BCUT2D eigenvalue weighted by atomic mass is 16.1. The number of hydrogen-bond acceptors (Lipinski definition) is 2. The molecule has 24 heavy (non-hydrogen) atoms. The van der Waals surface area contributed by atoms with Crippen molar-refractivity contribution in [1.82, 2.24) is 9.97 Å². The minimum Gasteiger partial charge on any atom is -0.342 e. The van der Waals surface area contributed by atoms with Gasteiger partial charge in [-0.25, -0.2) is 4.98 Å². The van der Waals surface area contributed by atoms with Gasteiger partial charge < -0.3 is 10.3 Å². The lowest BCUT2D eigenvalue weighted by molar-refractivity contribution is -0.116. The Morgan fingerprint density at radius 2 is 2.04 bits per heavy atom.